The molecule has 0 saturated carbocycles. The van der Waals surface area contributed by atoms with Crippen LogP contribution in [0, 0.1) is 10.1 Å². The number of fused-ring (bicyclic) bond motifs is 1. The van der Waals surface area contributed by atoms with Crippen molar-refractivity contribution in [3.05, 3.63) is 40.4 Å². The van der Waals surface area contributed by atoms with Crippen LogP contribution in [-0.2, 0) is 0 Å². The van der Waals surface area contributed by atoms with Crippen molar-refractivity contribution in [3.63, 3.8) is 0 Å². The van der Waals surface area contributed by atoms with E-state index >= 15 is 0 Å². The molecule has 0 bridgehead atoms. The zero-order valence-corrected chi connectivity index (χ0v) is 11.3. The molecule has 1 aromatic carbocycles. The molecule has 106 valence electrons. The van der Waals surface area contributed by atoms with Gasteiger partial charge >= 0.3 is 0 Å². The third-order valence-electron chi connectivity index (χ3n) is 3.06. The number of pyridine rings is 1. The number of nitro benzene ring substituents is 1. The summed E-state index contributed by atoms with van der Waals surface area (Å²) >= 11 is 0. The van der Waals surface area contributed by atoms with Crippen LogP contribution >= 0.6 is 0 Å². The average molecular weight is 275 g/mol. The van der Waals surface area contributed by atoms with Gasteiger partial charge in [-0.05, 0) is 24.6 Å². The van der Waals surface area contributed by atoms with E-state index in [4.69, 9.17) is 5.11 Å². The van der Waals surface area contributed by atoms with Gasteiger partial charge in [0.05, 0.1) is 17.0 Å². The second-order valence-electron chi connectivity index (χ2n) is 4.51. The molecular formula is C14H17N3O3. The number of aliphatic hydroxyl groups is 1. The summed E-state index contributed by atoms with van der Waals surface area (Å²) in [6.45, 7) is 3.47. The fourth-order valence-corrected chi connectivity index (χ4v) is 2.12. The maximum Gasteiger partial charge on any atom is 0.270 e. The smallest absolute Gasteiger partial charge is 0.270 e. The summed E-state index contributed by atoms with van der Waals surface area (Å²) in [5, 5.41) is 20.6. The van der Waals surface area contributed by atoms with E-state index < -0.39 is 4.92 Å². The van der Waals surface area contributed by atoms with Crippen LogP contribution in [0.5, 0.6) is 0 Å². The van der Waals surface area contributed by atoms with E-state index in [0.29, 0.717) is 12.1 Å². The molecule has 0 aliphatic rings. The van der Waals surface area contributed by atoms with E-state index in [2.05, 4.69) is 11.9 Å². The molecule has 0 saturated heterocycles. The molecule has 1 heterocycles. The predicted molar refractivity (Wildman–Crippen MR) is 78.0 cm³/mol. The maximum absolute atomic E-state index is 10.7. The number of hydrogen-bond acceptors (Lipinski definition) is 5. The second kappa shape index (κ2) is 6.29. The van der Waals surface area contributed by atoms with E-state index in [1.807, 2.05) is 17.0 Å². The van der Waals surface area contributed by atoms with Gasteiger partial charge in [-0.1, -0.05) is 6.92 Å². The Bertz CT molecular complexity index is 610. The number of benzene rings is 1. The van der Waals surface area contributed by atoms with Crippen molar-refractivity contribution in [1.29, 1.82) is 0 Å². The van der Waals surface area contributed by atoms with Gasteiger partial charge in [0.15, 0.2) is 0 Å². The number of aromatic nitrogens is 1. The molecule has 6 nitrogen and oxygen atoms in total. The Morgan fingerprint density at radius 2 is 2.10 bits per heavy atom. The molecule has 0 unspecified atom stereocenters. The Balaban J connectivity index is 2.37. The molecule has 1 N–H and O–H groups in total. The van der Waals surface area contributed by atoms with Crippen molar-refractivity contribution < 1.29 is 10.0 Å². The molecule has 0 aliphatic carbocycles. The summed E-state index contributed by atoms with van der Waals surface area (Å²) < 4.78 is 0. The Kier molecular flexibility index (Phi) is 4.47. The molecule has 2 aromatic rings. The van der Waals surface area contributed by atoms with Crippen LogP contribution in [0.25, 0.3) is 10.9 Å². The highest BCUT2D eigenvalue weighted by Gasteiger charge is 2.10. The highest BCUT2D eigenvalue weighted by atomic mass is 16.6. The maximum atomic E-state index is 10.7. The molecule has 0 aliphatic heterocycles. The van der Waals surface area contributed by atoms with Crippen LogP contribution in [0.2, 0.25) is 0 Å². The lowest BCUT2D eigenvalue weighted by Gasteiger charge is -2.22. The molecule has 0 fully saturated rings. The summed E-state index contributed by atoms with van der Waals surface area (Å²) in [6.07, 6.45) is 0.958. The molecule has 1 aromatic heterocycles. The summed E-state index contributed by atoms with van der Waals surface area (Å²) in [6, 6.07) is 8.28. The summed E-state index contributed by atoms with van der Waals surface area (Å²) in [5.74, 6) is 0.780. The number of nitrogens with zero attached hydrogens (tertiary/aromatic N) is 3. The summed E-state index contributed by atoms with van der Waals surface area (Å²) in [4.78, 5) is 16.8. The fraction of sp³-hybridized carbons (Fsp3) is 0.357. The minimum atomic E-state index is -0.414. The molecule has 2 rings (SSSR count). The standard InChI is InChI=1S/C14H17N3O3/c1-2-7-16(8-9-18)14-6-3-11-10-12(17(19)20)4-5-13(11)15-14/h3-6,10,18H,2,7-9H2,1H3. The third-order valence-corrected chi connectivity index (χ3v) is 3.06. The van der Waals surface area contributed by atoms with Gasteiger partial charge in [-0.3, -0.25) is 10.1 Å². The number of non-ortho nitro benzene ring substituents is 1. The van der Waals surface area contributed by atoms with Gasteiger partial charge in [0.2, 0.25) is 0 Å². The molecule has 0 radical (unpaired) electrons. The first-order valence-corrected chi connectivity index (χ1v) is 6.56. The van der Waals surface area contributed by atoms with Gasteiger partial charge in [-0.25, -0.2) is 4.98 Å². The Morgan fingerprint density at radius 3 is 2.75 bits per heavy atom. The van der Waals surface area contributed by atoms with Crippen molar-refractivity contribution in [2.75, 3.05) is 24.6 Å². The van der Waals surface area contributed by atoms with E-state index in [1.165, 1.54) is 12.1 Å². The van der Waals surface area contributed by atoms with E-state index in [1.54, 1.807) is 6.07 Å². The molecule has 6 heteroatoms. The Labute approximate surface area is 116 Å². The highest BCUT2D eigenvalue weighted by Crippen LogP contribution is 2.22. The van der Waals surface area contributed by atoms with Gasteiger partial charge in [-0.2, -0.15) is 0 Å². The normalized spacial score (nSPS) is 10.7. The monoisotopic (exact) mass is 275 g/mol. The van der Waals surface area contributed by atoms with Gasteiger partial charge in [0.1, 0.15) is 5.82 Å². The van der Waals surface area contributed by atoms with Crippen LogP contribution < -0.4 is 4.90 Å². The lowest BCUT2D eigenvalue weighted by molar-refractivity contribution is -0.384. The first-order valence-electron chi connectivity index (χ1n) is 6.56. The second-order valence-corrected chi connectivity index (χ2v) is 4.51. The first-order chi connectivity index (χ1) is 9.65. The Hall–Kier alpha value is -2.21. The van der Waals surface area contributed by atoms with E-state index in [9.17, 15) is 10.1 Å². The zero-order chi connectivity index (χ0) is 14.5. The van der Waals surface area contributed by atoms with Gasteiger partial charge < -0.3 is 10.0 Å². The number of nitro groups is 1. The minimum absolute atomic E-state index is 0.0628. The largest absolute Gasteiger partial charge is 0.395 e. The van der Waals surface area contributed by atoms with Gasteiger partial charge in [0, 0.05) is 30.6 Å². The van der Waals surface area contributed by atoms with E-state index in [0.717, 1.165) is 24.2 Å². The summed E-state index contributed by atoms with van der Waals surface area (Å²) in [5.41, 5.74) is 0.778. The molecular weight excluding hydrogens is 258 g/mol. The molecule has 0 spiro atoms. The highest BCUT2D eigenvalue weighted by molar-refractivity contribution is 5.82. The number of anilines is 1. The topological polar surface area (TPSA) is 79.5 Å². The number of rotatable bonds is 6. The fourth-order valence-electron chi connectivity index (χ4n) is 2.12. The lowest BCUT2D eigenvalue weighted by atomic mass is 10.2. The third kappa shape index (κ3) is 3.03. The van der Waals surface area contributed by atoms with Crippen molar-refractivity contribution in [1.82, 2.24) is 4.98 Å². The minimum Gasteiger partial charge on any atom is -0.395 e. The van der Waals surface area contributed by atoms with Crippen molar-refractivity contribution in [2.45, 2.75) is 13.3 Å². The quantitative estimate of drug-likeness (QED) is 0.646. The average Bonchev–Trinajstić information content (AvgIpc) is 2.46. The molecule has 20 heavy (non-hydrogen) atoms. The zero-order valence-electron chi connectivity index (χ0n) is 11.3. The number of aliphatic hydroxyl groups excluding tert-OH is 1. The number of hydrogen-bond donors (Lipinski definition) is 1. The van der Waals surface area contributed by atoms with Crippen molar-refractivity contribution in [2.24, 2.45) is 0 Å². The van der Waals surface area contributed by atoms with Crippen LogP contribution in [0.1, 0.15) is 13.3 Å². The van der Waals surface area contributed by atoms with Crippen LogP contribution in [0.3, 0.4) is 0 Å². The van der Waals surface area contributed by atoms with Crippen LogP contribution in [0.4, 0.5) is 11.5 Å². The van der Waals surface area contributed by atoms with Crippen LogP contribution in [-0.4, -0.2) is 34.7 Å². The van der Waals surface area contributed by atoms with Crippen molar-refractivity contribution in [3.8, 4) is 0 Å². The Morgan fingerprint density at radius 1 is 1.30 bits per heavy atom. The lowest BCUT2D eigenvalue weighted by Crippen LogP contribution is -2.28. The van der Waals surface area contributed by atoms with Gasteiger partial charge in [-0.15, -0.1) is 0 Å². The SMILES string of the molecule is CCCN(CCO)c1ccc2cc([N+](=O)[O-])ccc2n1. The van der Waals surface area contributed by atoms with Gasteiger partial charge in [0.25, 0.3) is 5.69 Å². The predicted octanol–water partition coefficient (Wildman–Crippen LogP) is 2.35. The molecule has 0 amide bonds. The summed E-state index contributed by atoms with van der Waals surface area (Å²) in [7, 11) is 0. The van der Waals surface area contributed by atoms with Crippen LogP contribution in [0.15, 0.2) is 30.3 Å². The van der Waals surface area contributed by atoms with E-state index in [-0.39, 0.29) is 12.3 Å². The molecule has 0 atom stereocenters. The first kappa shape index (κ1) is 14.2. The van der Waals surface area contributed by atoms with Crippen molar-refractivity contribution >= 4 is 22.4 Å².